The molecule has 0 spiro atoms. The van der Waals surface area contributed by atoms with E-state index in [-0.39, 0.29) is 42.2 Å². The van der Waals surface area contributed by atoms with Crippen LogP contribution in [0.15, 0.2) is 140 Å². The lowest BCUT2D eigenvalue weighted by Crippen LogP contribution is -2.52. The van der Waals surface area contributed by atoms with Crippen LogP contribution in [0.4, 0.5) is 24.5 Å². The van der Waals surface area contributed by atoms with Crippen molar-refractivity contribution >= 4 is 95.6 Å². The summed E-state index contributed by atoms with van der Waals surface area (Å²) in [5.74, 6) is -1.01. The number of alkyl halides is 3. The Hall–Kier alpha value is -5.92. The largest absolute Gasteiger partial charge is 0.501 e. The van der Waals surface area contributed by atoms with Gasteiger partial charge in [0.2, 0.25) is 11.8 Å². The molecular formula is C62H70ClF3N8O8S4. The summed E-state index contributed by atoms with van der Waals surface area (Å²) in [4.78, 5) is 61.7. The molecule has 0 bridgehead atoms. The Balaban J connectivity index is 0.749. The summed E-state index contributed by atoms with van der Waals surface area (Å²) in [6.07, 6.45) is 3.96. The number of fused-ring (bicyclic) bond motifs is 1. The topological polar surface area (TPSA) is 189 Å². The zero-order chi connectivity index (χ0) is 61.0. The second-order valence-electron chi connectivity index (χ2n) is 23.2. The van der Waals surface area contributed by atoms with Crippen LogP contribution in [0.5, 0.6) is 0 Å². The highest BCUT2D eigenvalue weighted by atomic mass is 35.5. The summed E-state index contributed by atoms with van der Waals surface area (Å²) < 4.78 is 99.9. The smallest absolute Gasteiger partial charge is 0.380 e. The van der Waals surface area contributed by atoms with Crippen molar-refractivity contribution in [2.75, 3.05) is 93.7 Å². The number of halogens is 4. The fraction of sp³-hybridized carbons (Fsp3) is 0.419. The molecule has 86 heavy (non-hydrogen) atoms. The number of rotatable bonds is 21. The number of benzene rings is 5. The summed E-state index contributed by atoms with van der Waals surface area (Å²) >= 11 is 9.29. The van der Waals surface area contributed by atoms with Crippen LogP contribution >= 0.6 is 35.1 Å². The molecule has 4 aliphatic heterocycles. The fourth-order valence-electron chi connectivity index (χ4n) is 11.9. The maximum atomic E-state index is 14.5. The van der Waals surface area contributed by atoms with Crippen molar-refractivity contribution in [2.45, 2.75) is 96.1 Å². The molecule has 5 aliphatic rings. The van der Waals surface area contributed by atoms with E-state index in [4.69, 9.17) is 11.6 Å². The first-order valence-electron chi connectivity index (χ1n) is 28.9. The minimum atomic E-state index is -6.13. The van der Waals surface area contributed by atoms with E-state index in [1.165, 1.54) is 40.6 Å². The number of nitrogens with zero attached hydrogens (tertiary/aromatic N) is 5. The monoisotopic (exact) mass is 1270 g/mol. The lowest BCUT2D eigenvalue weighted by atomic mass is 9.73. The summed E-state index contributed by atoms with van der Waals surface area (Å²) in [6, 6.07) is 30.5. The minimum absolute atomic E-state index is 0.0218. The third-order valence-corrected chi connectivity index (χ3v) is 22.1. The Bertz CT molecular complexity index is 3580. The number of piperidine rings is 1. The van der Waals surface area contributed by atoms with Crippen LogP contribution in [0.3, 0.4) is 0 Å². The first-order valence-corrected chi connectivity index (χ1v) is 34.2. The second-order valence-corrected chi connectivity index (χ2v) is 29.5. The zero-order valence-electron chi connectivity index (χ0n) is 47.9. The molecule has 5 aromatic carbocycles. The number of imide groups is 1. The van der Waals surface area contributed by atoms with Gasteiger partial charge < -0.3 is 20.0 Å². The molecule has 10 rings (SSSR count). The standard InChI is InChI=1S/C62H70ClF3N8O8S4/c1-61(2)25-23-50(42-11-15-45(63)16-12-42)44(38-61)39-72-31-33-73(34-32-72)47-17-13-43(14-18-47)58(76)69-86(81,82)49-19-20-53(56(37-49)85(79,80)62(64,65)66)67-46(41-84-48-7-4-3-5-8-48)24-26-70-27-29-71(30-28-70)35-36-83-55-10-6-9-51-52(55)40-74(60(51)78)54-21-22-57(75)68-59(54)77/h3-20,37,46,54,67H,21-36,38-41H2,1-2H3,(H,69,76)(H,68,75,77)/t46-,54?/m1/s1. The van der Waals surface area contributed by atoms with E-state index in [2.05, 4.69) is 56.2 Å². The van der Waals surface area contributed by atoms with E-state index in [0.717, 1.165) is 111 Å². The second kappa shape index (κ2) is 26.8. The number of amides is 4. The summed E-state index contributed by atoms with van der Waals surface area (Å²) in [6.45, 7) is 12.9. The molecule has 16 nitrogen and oxygen atoms in total. The molecule has 5 aromatic rings. The Morgan fingerprint density at radius 1 is 0.791 bits per heavy atom. The van der Waals surface area contributed by atoms with E-state index in [0.29, 0.717) is 48.5 Å². The summed E-state index contributed by atoms with van der Waals surface area (Å²) in [5, 5.41) is 6.10. The van der Waals surface area contributed by atoms with Gasteiger partial charge in [-0.15, -0.1) is 23.5 Å². The molecule has 4 heterocycles. The van der Waals surface area contributed by atoms with Crippen molar-refractivity contribution in [1.82, 2.24) is 29.6 Å². The summed E-state index contributed by atoms with van der Waals surface area (Å²) in [7, 11) is -11.0. The number of anilines is 2. The number of thioether (sulfide) groups is 2. The molecule has 0 saturated carbocycles. The number of sulfone groups is 1. The highest BCUT2D eigenvalue weighted by molar-refractivity contribution is 7.99. The van der Waals surface area contributed by atoms with Crippen molar-refractivity contribution in [3.05, 3.63) is 148 Å². The molecule has 0 radical (unpaired) electrons. The number of sulfonamides is 1. The maximum Gasteiger partial charge on any atom is 0.501 e. The van der Waals surface area contributed by atoms with Gasteiger partial charge in [-0.3, -0.25) is 34.3 Å². The highest BCUT2D eigenvalue weighted by Gasteiger charge is 2.49. The Morgan fingerprint density at radius 3 is 2.16 bits per heavy atom. The quantitative estimate of drug-likeness (QED) is 0.0465. The minimum Gasteiger partial charge on any atom is -0.380 e. The van der Waals surface area contributed by atoms with Gasteiger partial charge in [0.15, 0.2) is 0 Å². The Morgan fingerprint density at radius 2 is 1.48 bits per heavy atom. The third kappa shape index (κ3) is 15.1. The van der Waals surface area contributed by atoms with Gasteiger partial charge in [0.05, 0.1) is 10.6 Å². The number of carbonyl (C=O) groups excluding carboxylic acids is 4. The van der Waals surface area contributed by atoms with Crippen LogP contribution < -0.4 is 20.3 Å². The molecule has 1 aliphatic carbocycles. The molecule has 458 valence electrons. The zero-order valence-corrected chi connectivity index (χ0v) is 51.9. The van der Waals surface area contributed by atoms with Gasteiger partial charge in [-0.25, -0.2) is 21.6 Å². The average Bonchev–Trinajstić information content (AvgIpc) is 1.52. The molecule has 3 N–H and O–H groups in total. The predicted octanol–water partition coefficient (Wildman–Crippen LogP) is 9.67. The van der Waals surface area contributed by atoms with Crippen molar-refractivity contribution in [2.24, 2.45) is 5.41 Å². The molecule has 4 amide bonds. The van der Waals surface area contributed by atoms with Gasteiger partial charge in [-0.05, 0) is 133 Å². The van der Waals surface area contributed by atoms with E-state index in [1.807, 2.05) is 59.3 Å². The van der Waals surface area contributed by atoms with Gasteiger partial charge in [-0.1, -0.05) is 67.4 Å². The van der Waals surface area contributed by atoms with Crippen LogP contribution in [-0.2, 0) is 36.0 Å². The van der Waals surface area contributed by atoms with Crippen LogP contribution in [0, 0.1) is 5.41 Å². The van der Waals surface area contributed by atoms with Crippen molar-refractivity contribution < 1.29 is 49.2 Å². The van der Waals surface area contributed by atoms with Gasteiger partial charge in [0, 0.05) is 134 Å². The van der Waals surface area contributed by atoms with E-state index in [9.17, 15) is 49.2 Å². The van der Waals surface area contributed by atoms with E-state index >= 15 is 0 Å². The molecular weight excluding hydrogens is 1210 g/mol. The van der Waals surface area contributed by atoms with Gasteiger partial charge in [-0.2, -0.15) is 13.2 Å². The van der Waals surface area contributed by atoms with Crippen molar-refractivity contribution in [3.8, 4) is 0 Å². The van der Waals surface area contributed by atoms with E-state index in [1.54, 1.807) is 34.9 Å². The Kier molecular flexibility index (Phi) is 19.7. The lowest BCUT2D eigenvalue weighted by molar-refractivity contribution is -0.136. The lowest BCUT2D eigenvalue weighted by Gasteiger charge is -2.39. The van der Waals surface area contributed by atoms with Crippen LogP contribution in [-0.4, -0.2) is 161 Å². The molecule has 1 unspecified atom stereocenters. The maximum absolute atomic E-state index is 14.5. The van der Waals surface area contributed by atoms with Gasteiger partial charge >= 0.3 is 5.51 Å². The SMILES string of the molecule is CC1(C)CCC(c2ccc(Cl)cc2)=C(CN2CCN(c3ccc(C(=O)NS(=O)(=O)c4ccc(N[C@H](CCN5CCN(CCSc6cccc7c6CN(C6CCC(=O)NC6=O)C7=O)CC5)CSc5ccccc5)c(S(=O)(=O)C(F)(F)F)c4)cc3)CC2)C1. The summed E-state index contributed by atoms with van der Waals surface area (Å²) in [5.41, 5.74) is 0.244. The molecule has 0 aromatic heterocycles. The third-order valence-electron chi connectivity index (χ3n) is 16.7. The molecule has 3 fully saturated rings. The number of hydrogen-bond acceptors (Lipinski definition) is 15. The predicted molar refractivity (Wildman–Crippen MR) is 331 cm³/mol. The van der Waals surface area contributed by atoms with Crippen molar-refractivity contribution in [3.63, 3.8) is 0 Å². The first kappa shape index (κ1) is 63.1. The first-order chi connectivity index (χ1) is 41.0. The van der Waals surface area contributed by atoms with Crippen LogP contribution in [0.2, 0.25) is 5.02 Å². The average molecular weight is 1280 g/mol. The number of piperazine rings is 2. The number of allylic oxidation sites excluding steroid dienone is 1. The van der Waals surface area contributed by atoms with Crippen molar-refractivity contribution in [1.29, 1.82) is 0 Å². The number of nitrogens with one attached hydrogen (secondary N) is 3. The van der Waals surface area contributed by atoms with Gasteiger partial charge in [0.25, 0.3) is 31.7 Å². The van der Waals surface area contributed by atoms with E-state index < -0.39 is 64.7 Å². The van der Waals surface area contributed by atoms with Gasteiger partial charge in [0.1, 0.15) is 10.9 Å². The number of hydrogen-bond donors (Lipinski definition) is 3. The molecule has 24 heteroatoms. The molecule has 2 atom stereocenters. The van der Waals surface area contributed by atoms with Crippen LogP contribution in [0.1, 0.15) is 84.2 Å². The van der Waals surface area contributed by atoms with Crippen LogP contribution in [0.25, 0.3) is 5.57 Å². The Labute approximate surface area is 514 Å². The normalized spacial score (nSPS) is 19.6. The fourth-order valence-corrected chi connectivity index (χ4v) is 16.1. The molecule has 3 saturated heterocycles. The number of carbonyl (C=O) groups is 4. The highest BCUT2D eigenvalue weighted by Crippen LogP contribution is 2.43.